The van der Waals surface area contributed by atoms with E-state index >= 15 is 0 Å². The average molecular weight is 535 g/mol. The third-order valence-electron chi connectivity index (χ3n) is 7.64. The monoisotopic (exact) mass is 534 g/mol. The van der Waals surface area contributed by atoms with E-state index in [1.54, 1.807) is 12.1 Å². The van der Waals surface area contributed by atoms with E-state index in [0.29, 0.717) is 0 Å². The van der Waals surface area contributed by atoms with Crippen LogP contribution in [0.3, 0.4) is 0 Å². The van der Waals surface area contributed by atoms with Gasteiger partial charge in [0.25, 0.3) is 0 Å². The molecule has 0 spiro atoms. The number of hydrogen-bond acceptors (Lipinski definition) is 4. The van der Waals surface area contributed by atoms with Crippen molar-refractivity contribution in [3.05, 3.63) is 29.8 Å². The number of aliphatic carboxylic acids is 1. The van der Waals surface area contributed by atoms with Crippen LogP contribution in [0.2, 0.25) is 0 Å². The zero-order valence-electron chi connectivity index (χ0n) is 25.5. The van der Waals surface area contributed by atoms with E-state index in [9.17, 15) is 9.90 Å². The summed E-state index contributed by atoms with van der Waals surface area (Å²) in [5.74, 6) is -1.13. The fourth-order valence-electron chi connectivity index (χ4n) is 5.14. The number of unbranched alkanes of at least 4 members (excludes halogenated alkanes) is 12. The van der Waals surface area contributed by atoms with Crippen LogP contribution >= 0.6 is 0 Å². The van der Waals surface area contributed by atoms with Crippen LogP contribution in [0.15, 0.2) is 24.3 Å². The Bertz CT molecular complexity index is 609. The molecule has 0 aliphatic carbocycles. The Morgan fingerprint density at radius 2 is 1.03 bits per heavy atom. The Hall–Kier alpha value is -1.59. The fourth-order valence-corrected chi connectivity index (χ4v) is 5.14. The van der Waals surface area contributed by atoms with Crippen LogP contribution in [0, 0.1) is 0 Å². The molecule has 0 radical (unpaired) electrons. The first kappa shape index (κ1) is 36.4. The summed E-state index contributed by atoms with van der Waals surface area (Å²) in [6.07, 6.45) is 23.1. The van der Waals surface area contributed by atoms with Gasteiger partial charge in [-0.05, 0) is 75.5 Å². The lowest BCUT2D eigenvalue weighted by Gasteiger charge is -2.39. The third-order valence-corrected chi connectivity index (χ3v) is 7.64. The maximum absolute atomic E-state index is 10.3. The number of phenols is 1. The summed E-state index contributed by atoms with van der Waals surface area (Å²) >= 11 is 0. The predicted molar refractivity (Wildman–Crippen MR) is 161 cm³/mol. The number of carbonyl (C=O) groups is 1. The van der Waals surface area contributed by atoms with Gasteiger partial charge in [-0.1, -0.05) is 91.2 Å². The number of hydrogen-bond donors (Lipinski definition) is 2. The number of benzene rings is 1. The van der Waals surface area contributed by atoms with Crippen LogP contribution in [0.25, 0.3) is 0 Å². The molecule has 0 aliphatic rings. The van der Waals surface area contributed by atoms with Gasteiger partial charge >= 0.3 is 0 Å². The first-order valence-electron chi connectivity index (χ1n) is 15.9. The Morgan fingerprint density at radius 1 is 0.684 bits per heavy atom. The largest absolute Gasteiger partial charge is 0.548 e. The summed E-state index contributed by atoms with van der Waals surface area (Å²) < 4.78 is 1.46. The summed E-state index contributed by atoms with van der Waals surface area (Å²) in [5.41, 5.74) is 6.02. The zero-order valence-corrected chi connectivity index (χ0v) is 25.5. The molecule has 0 amide bonds. The van der Waals surface area contributed by atoms with Gasteiger partial charge in [0.2, 0.25) is 0 Å². The zero-order chi connectivity index (χ0) is 28.5. The molecule has 0 heterocycles. The molecule has 0 fully saturated rings. The van der Waals surface area contributed by atoms with Gasteiger partial charge < -0.3 is 25.2 Å². The van der Waals surface area contributed by atoms with Gasteiger partial charge in [-0.15, -0.1) is 0 Å². The highest BCUT2D eigenvalue weighted by Crippen LogP contribution is 2.19. The molecule has 1 aromatic rings. The van der Waals surface area contributed by atoms with Crippen molar-refractivity contribution in [3.63, 3.8) is 0 Å². The predicted octanol–water partition coefficient (Wildman–Crippen LogP) is 7.14. The van der Waals surface area contributed by atoms with Gasteiger partial charge in [0.15, 0.2) is 0 Å². The first-order chi connectivity index (χ1) is 18.3. The molecule has 1 aromatic carbocycles. The maximum Gasteiger partial charge on any atom is 0.115 e. The molecule has 0 aliphatic heterocycles. The van der Waals surface area contributed by atoms with Crippen molar-refractivity contribution < 1.29 is 19.5 Å². The highest BCUT2D eigenvalue weighted by Gasteiger charge is 2.25. The average Bonchev–Trinajstić information content (AvgIpc) is 2.91. The number of nitrogens with two attached hydrogens (primary N) is 1. The summed E-state index contributed by atoms with van der Waals surface area (Å²) in [4.78, 5) is 10.3. The van der Waals surface area contributed by atoms with Crippen molar-refractivity contribution in [2.45, 2.75) is 143 Å². The molecule has 0 aromatic heterocycles. The second kappa shape index (κ2) is 24.5. The van der Waals surface area contributed by atoms with Gasteiger partial charge in [-0.3, -0.25) is 0 Å². The Kier molecular flexibility index (Phi) is 23.4. The van der Waals surface area contributed by atoms with Gasteiger partial charge in [0.1, 0.15) is 5.75 Å². The van der Waals surface area contributed by atoms with Crippen molar-refractivity contribution in [1.82, 2.24) is 0 Å². The molecule has 5 nitrogen and oxygen atoms in total. The highest BCUT2D eigenvalue weighted by atomic mass is 16.4. The summed E-state index contributed by atoms with van der Waals surface area (Å²) in [6, 6.07) is 5.22. The van der Waals surface area contributed by atoms with E-state index in [4.69, 9.17) is 10.8 Å². The molecule has 0 unspecified atom stereocenters. The van der Waals surface area contributed by atoms with Gasteiger partial charge in [0.05, 0.1) is 32.1 Å². The third kappa shape index (κ3) is 19.5. The number of carbonyl (C=O) groups excluding carboxylic acids is 1. The Morgan fingerprint density at radius 3 is 1.32 bits per heavy atom. The Balaban J connectivity index is 0.000000875. The van der Waals surface area contributed by atoms with Crippen LogP contribution in [0.4, 0.5) is 0 Å². The van der Waals surface area contributed by atoms with Crippen LogP contribution in [0.1, 0.15) is 136 Å². The maximum atomic E-state index is 10.3. The lowest BCUT2D eigenvalue weighted by atomic mass is 10.1. The minimum atomic E-state index is -1.27. The number of rotatable bonds is 23. The van der Waals surface area contributed by atoms with Crippen LogP contribution in [-0.2, 0) is 11.2 Å². The van der Waals surface area contributed by atoms with E-state index in [-0.39, 0.29) is 12.2 Å². The SMILES string of the molecule is CCCCCC[N+](CCCCCC)(CCCCCC)CCCCCC.N[C@@H](Cc1ccc(O)cc1)C(=O)[O-]. The minimum absolute atomic E-state index is 0.144. The Labute approximate surface area is 235 Å². The number of nitrogens with zero attached hydrogens (tertiary/aromatic N) is 1. The van der Waals surface area contributed by atoms with E-state index in [1.807, 2.05) is 0 Å². The number of carboxylic acids is 1. The molecule has 1 atom stereocenters. The van der Waals surface area contributed by atoms with Crippen LogP contribution < -0.4 is 10.8 Å². The minimum Gasteiger partial charge on any atom is -0.548 e. The van der Waals surface area contributed by atoms with Crippen molar-refractivity contribution in [2.75, 3.05) is 26.2 Å². The standard InChI is InChI=1S/C24H52N.C9H11NO3/c1-5-9-13-17-21-25(22-18-14-10-6-2,23-19-15-11-7-3)24-20-16-12-8-4;10-8(9(12)13)5-6-1-3-7(11)4-2-6/h5-24H2,1-4H3;1-4,8,11H,5,10H2,(H,12,13)/q+1;/p-1/t;8-/m.0/s1. The van der Waals surface area contributed by atoms with Crippen molar-refractivity contribution in [1.29, 1.82) is 0 Å². The molecule has 3 N–H and O–H groups in total. The normalized spacial score (nSPS) is 12.1. The van der Waals surface area contributed by atoms with Gasteiger partial charge in [-0.2, -0.15) is 0 Å². The topological polar surface area (TPSA) is 86.4 Å². The van der Waals surface area contributed by atoms with E-state index in [2.05, 4.69) is 27.7 Å². The van der Waals surface area contributed by atoms with E-state index in [0.717, 1.165) is 5.56 Å². The quantitative estimate of drug-likeness (QED) is 0.115. The van der Waals surface area contributed by atoms with Gasteiger partial charge in [0, 0.05) is 6.04 Å². The van der Waals surface area contributed by atoms with Gasteiger partial charge in [-0.25, -0.2) is 0 Å². The molecule has 1 rings (SSSR count). The summed E-state index contributed by atoms with van der Waals surface area (Å²) in [5, 5.41) is 19.2. The number of quaternary nitrogens is 1. The lowest BCUT2D eigenvalue weighted by molar-refractivity contribution is -0.929. The second-order valence-corrected chi connectivity index (χ2v) is 11.3. The number of phenolic OH excluding ortho intramolecular Hbond substituents is 1. The molecular weight excluding hydrogens is 472 g/mol. The summed E-state index contributed by atoms with van der Waals surface area (Å²) in [7, 11) is 0. The van der Waals surface area contributed by atoms with E-state index < -0.39 is 12.0 Å². The lowest BCUT2D eigenvalue weighted by Crippen LogP contribution is -2.50. The van der Waals surface area contributed by atoms with Crippen LogP contribution in [-0.4, -0.2) is 47.8 Å². The van der Waals surface area contributed by atoms with Crippen LogP contribution in [0.5, 0.6) is 5.75 Å². The van der Waals surface area contributed by atoms with Crippen molar-refractivity contribution >= 4 is 5.97 Å². The molecule has 0 bridgehead atoms. The molecule has 222 valence electrons. The number of aromatic hydroxyl groups is 1. The molecule has 0 saturated heterocycles. The number of carboxylic acid groups (broad SMARTS) is 1. The van der Waals surface area contributed by atoms with E-state index in [1.165, 1.54) is 146 Å². The smallest absolute Gasteiger partial charge is 0.115 e. The molecular formula is C33H62N2O3. The van der Waals surface area contributed by atoms with Crippen molar-refractivity contribution in [3.8, 4) is 5.75 Å². The molecule has 0 saturated carbocycles. The highest BCUT2D eigenvalue weighted by molar-refractivity contribution is 5.71. The van der Waals surface area contributed by atoms with Crippen molar-refractivity contribution in [2.24, 2.45) is 5.73 Å². The first-order valence-corrected chi connectivity index (χ1v) is 15.9. The molecule has 5 heteroatoms. The molecule has 38 heavy (non-hydrogen) atoms. The summed E-state index contributed by atoms with van der Waals surface area (Å²) in [6.45, 7) is 15.2. The fraction of sp³-hybridized carbons (Fsp3) is 0.788. The second-order valence-electron chi connectivity index (χ2n) is 11.3.